The van der Waals surface area contributed by atoms with E-state index in [-0.39, 0.29) is 30.1 Å². The van der Waals surface area contributed by atoms with Crippen LogP contribution in [0.4, 0.5) is 5.69 Å². The van der Waals surface area contributed by atoms with Crippen LogP contribution in [-0.4, -0.2) is 67.9 Å². The third-order valence-electron chi connectivity index (χ3n) is 5.72. The van der Waals surface area contributed by atoms with Crippen LogP contribution in [0.3, 0.4) is 0 Å². The quantitative estimate of drug-likeness (QED) is 0.307. The Labute approximate surface area is 197 Å². The molecule has 1 aliphatic heterocycles. The molecular formula is C21H35ClIN5O. The Kier molecular flexibility index (Phi) is 10.3. The summed E-state index contributed by atoms with van der Waals surface area (Å²) in [6.07, 6.45) is 3.52. The monoisotopic (exact) mass is 535 g/mol. The van der Waals surface area contributed by atoms with Crippen LogP contribution >= 0.6 is 35.6 Å². The molecule has 0 radical (unpaired) electrons. The Morgan fingerprint density at radius 2 is 1.86 bits per heavy atom. The third kappa shape index (κ3) is 7.15. The standard InChI is InChI=1S/C21H34ClN5O.HI/c1-3-23-21(25-16-7-9-17(28)10-8-16)24-15-18-19(22)5-4-6-20(18)27-13-11-26(2)12-14-27;/h4-6,16-17,28H,3,7-15H2,1-2H3,(H2,23,24,25);1H. The SMILES string of the molecule is CCNC(=NCc1c(Cl)cccc1N1CCN(C)CC1)NC1CCC(O)CC1.I. The van der Waals surface area contributed by atoms with E-state index in [1.807, 2.05) is 12.1 Å². The first-order valence-corrected chi connectivity index (χ1v) is 10.9. The maximum absolute atomic E-state index is 9.72. The molecule has 1 aliphatic carbocycles. The molecule has 0 aromatic heterocycles. The number of hydrogen-bond acceptors (Lipinski definition) is 4. The first kappa shape index (κ1) is 24.5. The molecule has 0 bridgehead atoms. The highest BCUT2D eigenvalue weighted by molar-refractivity contribution is 14.0. The van der Waals surface area contributed by atoms with Gasteiger partial charge in [0.2, 0.25) is 0 Å². The van der Waals surface area contributed by atoms with E-state index < -0.39 is 0 Å². The van der Waals surface area contributed by atoms with Crippen molar-refractivity contribution >= 4 is 47.2 Å². The second-order valence-electron chi connectivity index (χ2n) is 7.87. The zero-order valence-electron chi connectivity index (χ0n) is 17.5. The molecule has 6 nitrogen and oxygen atoms in total. The summed E-state index contributed by atoms with van der Waals surface area (Å²) in [5.74, 6) is 0.827. The summed E-state index contributed by atoms with van der Waals surface area (Å²) >= 11 is 6.57. The van der Waals surface area contributed by atoms with Gasteiger partial charge in [0, 0.05) is 55.0 Å². The van der Waals surface area contributed by atoms with Gasteiger partial charge >= 0.3 is 0 Å². The number of anilines is 1. The number of rotatable bonds is 5. The zero-order chi connectivity index (χ0) is 19.9. The van der Waals surface area contributed by atoms with E-state index in [0.717, 1.165) is 75.0 Å². The van der Waals surface area contributed by atoms with Gasteiger partial charge < -0.3 is 25.5 Å². The molecule has 0 unspecified atom stereocenters. The predicted molar refractivity (Wildman–Crippen MR) is 133 cm³/mol. The molecule has 2 aliphatic rings. The minimum atomic E-state index is -0.146. The van der Waals surface area contributed by atoms with Crippen LogP contribution in [0.25, 0.3) is 0 Å². The number of likely N-dealkylation sites (N-methyl/N-ethyl adjacent to an activating group) is 1. The molecule has 164 valence electrons. The first-order valence-electron chi connectivity index (χ1n) is 10.5. The maximum Gasteiger partial charge on any atom is 0.191 e. The van der Waals surface area contributed by atoms with Gasteiger partial charge in [0.15, 0.2) is 5.96 Å². The van der Waals surface area contributed by atoms with Gasteiger partial charge in [-0.15, -0.1) is 24.0 Å². The van der Waals surface area contributed by atoms with E-state index in [1.54, 1.807) is 0 Å². The first-order chi connectivity index (χ1) is 13.6. The molecule has 8 heteroatoms. The van der Waals surface area contributed by atoms with Crippen LogP contribution in [-0.2, 0) is 6.54 Å². The molecule has 3 N–H and O–H groups in total. The average molecular weight is 536 g/mol. The Morgan fingerprint density at radius 1 is 1.17 bits per heavy atom. The predicted octanol–water partition coefficient (Wildman–Crippen LogP) is 3.07. The number of aliphatic hydroxyl groups is 1. The van der Waals surface area contributed by atoms with E-state index in [9.17, 15) is 5.11 Å². The molecule has 0 amide bonds. The van der Waals surface area contributed by atoms with Crippen molar-refractivity contribution in [2.24, 2.45) is 4.99 Å². The van der Waals surface area contributed by atoms with Gasteiger partial charge in [-0.3, -0.25) is 0 Å². The Bertz CT molecular complexity index is 658. The Balaban J connectivity index is 0.00000300. The number of hydrogen-bond donors (Lipinski definition) is 3. The van der Waals surface area contributed by atoms with E-state index in [1.165, 1.54) is 5.69 Å². The Hall–Kier alpha value is -0.770. The lowest BCUT2D eigenvalue weighted by Crippen LogP contribution is -2.45. The fraction of sp³-hybridized carbons (Fsp3) is 0.667. The summed E-state index contributed by atoms with van der Waals surface area (Å²) in [5, 5.41) is 17.4. The molecule has 1 saturated heterocycles. The van der Waals surface area contributed by atoms with Crippen LogP contribution in [0, 0.1) is 0 Å². The van der Waals surface area contributed by atoms with E-state index in [0.29, 0.717) is 12.6 Å². The topological polar surface area (TPSA) is 63.1 Å². The molecule has 0 atom stereocenters. The van der Waals surface area contributed by atoms with Gasteiger partial charge in [0.05, 0.1) is 12.6 Å². The number of halogens is 2. The van der Waals surface area contributed by atoms with Gasteiger partial charge in [-0.05, 0) is 51.8 Å². The molecule has 2 fully saturated rings. The van der Waals surface area contributed by atoms with Crippen molar-refractivity contribution < 1.29 is 5.11 Å². The number of nitrogens with zero attached hydrogens (tertiary/aromatic N) is 3. The number of aliphatic imine (C=N–C) groups is 1. The lowest BCUT2D eigenvalue weighted by atomic mass is 9.93. The minimum Gasteiger partial charge on any atom is -0.393 e. The summed E-state index contributed by atoms with van der Waals surface area (Å²) < 4.78 is 0. The Morgan fingerprint density at radius 3 is 2.52 bits per heavy atom. The number of aliphatic hydroxyl groups excluding tert-OH is 1. The van der Waals surface area contributed by atoms with Gasteiger partial charge in [-0.2, -0.15) is 0 Å². The normalized spacial score (nSPS) is 23.4. The number of guanidine groups is 1. The van der Waals surface area contributed by atoms with Gasteiger partial charge in [-0.25, -0.2) is 4.99 Å². The van der Waals surface area contributed by atoms with E-state index >= 15 is 0 Å². The summed E-state index contributed by atoms with van der Waals surface area (Å²) in [7, 11) is 2.17. The van der Waals surface area contributed by atoms with Crippen molar-refractivity contribution in [1.29, 1.82) is 0 Å². The van der Waals surface area contributed by atoms with Crippen molar-refractivity contribution in [3.63, 3.8) is 0 Å². The molecule has 0 spiro atoms. The number of nitrogens with one attached hydrogen (secondary N) is 2. The van der Waals surface area contributed by atoms with Crippen molar-refractivity contribution in [2.45, 2.75) is 51.3 Å². The van der Waals surface area contributed by atoms with Crippen LogP contribution in [0.15, 0.2) is 23.2 Å². The van der Waals surface area contributed by atoms with Crippen molar-refractivity contribution in [2.75, 3.05) is 44.7 Å². The third-order valence-corrected chi connectivity index (χ3v) is 6.07. The molecule has 1 aromatic rings. The second kappa shape index (κ2) is 12.2. The highest BCUT2D eigenvalue weighted by Gasteiger charge is 2.21. The van der Waals surface area contributed by atoms with Gasteiger partial charge in [0.25, 0.3) is 0 Å². The van der Waals surface area contributed by atoms with Crippen molar-refractivity contribution in [3.8, 4) is 0 Å². The van der Waals surface area contributed by atoms with E-state index in [4.69, 9.17) is 16.6 Å². The van der Waals surface area contributed by atoms with E-state index in [2.05, 4.69) is 40.5 Å². The number of piperazine rings is 1. The number of benzene rings is 1. The lowest BCUT2D eigenvalue weighted by Gasteiger charge is -2.35. The average Bonchev–Trinajstić information content (AvgIpc) is 2.69. The fourth-order valence-electron chi connectivity index (χ4n) is 3.94. The van der Waals surface area contributed by atoms with Gasteiger partial charge in [0.1, 0.15) is 0 Å². The highest BCUT2D eigenvalue weighted by Crippen LogP contribution is 2.29. The molecule has 3 rings (SSSR count). The second-order valence-corrected chi connectivity index (χ2v) is 8.28. The van der Waals surface area contributed by atoms with Crippen LogP contribution < -0.4 is 15.5 Å². The largest absolute Gasteiger partial charge is 0.393 e. The van der Waals surface area contributed by atoms with Crippen LogP contribution in [0.5, 0.6) is 0 Å². The van der Waals surface area contributed by atoms with Crippen molar-refractivity contribution in [3.05, 3.63) is 28.8 Å². The summed E-state index contributed by atoms with van der Waals surface area (Å²) in [6.45, 7) is 7.58. The molecule has 29 heavy (non-hydrogen) atoms. The van der Waals surface area contributed by atoms with Crippen molar-refractivity contribution in [1.82, 2.24) is 15.5 Å². The molecule has 1 heterocycles. The smallest absolute Gasteiger partial charge is 0.191 e. The minimum absolute atomic E-state index is 0. The fourth-order valence-corrected chi connectivity index (χ4v) is 4.17. The summed E-state index contributed by atoms with van der Waals surface area (Å²) in [4.78, 5) is 9.61. The highest BCUT2D eigenvalue weighted by atomic mass is 127. The lowest BCUT2D eigenvalue weighted by molar-refractivity contribution is 0.120. The maximum atomic E-state index is 9.72. The van der Waals surface area contributed by atoms with Crippen LogP contribution in [0.1, 0.15) is 38.2 Å². The van der Waals surface area contributed by atoms with Crippen LogP contribution in [0.2, 0.25) is 5.02 Å². The molecule has 1 saturated carbocycles. The zero-order valence-corrected chi connectivity index (χ0v) is 20.6. The molecular weight excluding hydrogens is 501 g/mol. The molecule has 1 aromatic carbocycles. The van der Waals surface area contributed by atoms with Gasteiger partial charge in [-0.1, -0.05) is 17.7 Å². The summed E-state index contributed by atoms with van der Waals surface area (Å²) in [6, 6.07) is 6.50. The summed E-state index contributed by atoms with van der Waals surface area (Å²) in [5.41, 5.74) is 2.28.